The summed E-state index contributed by atoms with van der Waals surface area (Å²) in [6.45, 7) is 0. The Morgan fingerprint density at radius 3 is 2.82 bits per heavy atom. The van der Waals surface area contributed by atoms with Crippen molar-refractivity contribution in [1.82, 2.24) is 4.98 Å². The zero-order chi connectivity index (χ0) is 12.4. The Bertz CT molecular complexity index is 585. The summed E-state index contributed by atoms with van der Waals surface area (Å²) >= 11 is 1.14. The molecule has 0 saturated carbocycles. The van der Waals surface area contributed by atoms with Gasteiger partial charge in [0.05, 0.1) is 12.6 Å². The van der Waals surface area contributed by atoms with Crippen molar-refractivity contribution in [3.8, 4) is 5.75 Å². The number of carboxylic acid groups (broad SMARTS) is 1. The first-order valence-corrected chi connectivity index (χ1v) is 5.43. The number of rotatable bonds is 3. The molecule has 1 aromatic heterocycles. The van der Waals surface area contributed by atoms with Gasteiger partial charge in [-0.2, -0.15) is 0 Å². The lowest BCUT2D eigenvalue weighted by Crippen LogP contribution is -2.00. The van der Waals surface area contributed by atoms with E-state index in [1.807, 2.05) is 0 Å². The van der Waals surface area contributed by atoms with E-state index in [-0.39, 0.29) is 11.4 Å². The highest BCUT2D eigenvalue weighted by Crippen LogP contribution is 2.28. The summed E-state index contributed by atoms with van der Waals surface area (Å²) in [4.78, 5) is 15.5. The van der Waals surface area contributed by atoms with E-state index < -0.39 is 5.97 Å². The molecule has 6 heteroatoms. The number of carbonyl (C=O) groups is 1. The molecule has 0 atom stereocenters. The molecule has 0 aliphatic heterocycles. The number of aromatic hydroxyl groups is 1. The third-order valence-corrected chi connectivity index (χ3v) is 2.77. The van der Waals surface area contributed by atoms with Gasteiger partial charge in [-0.15, -0.1) is 0 Å². The number of benzene rings is 1. The maximum atomic E-state index is 10.8. The quantitative estimate of drug-likeness (QED) is 0.815. The molecule has 2 rings (SSSR count). The van der Waals surface area contributed by atoms with Crippen LogP contribution in [-0.4, -0.2) is 28.3 Å². The lowest BCUT2D eigenvalue weighted by atomic mass is 10.2. The van der Waals surface area contributed by atoms with Crippen LogP contribution in [0.4, 0.5) is 0 Å². The highest BCUT2D eigenvalue weighted by Gasteiger charge is 2.10. The first-order chi connectivity index (χ1) is 8.11. The predicted octanol–water partition coefficient (Wildman–Crippen LogP) is 2.29. The van der Waals surface area contributed by atoms with Gasteiger partial charge in [-0.3, -0.25) is 0 Å². The lowest BCUT2D eigenvalue weighted by molar-refractivity contribution is 0.0690. The van der Waals surface area contributed by atoms with E-state index >= 15 is 0 Å². The van der Waals surface area contributed by atoms with Gasteiger partial charge in [-0.1, -0.05) is 0 Å². The molecule has 1 aromatic carbocycles. The van der Waals surface area contributed by atoms with Gasteiger partial charge < -0.3 is 14.4 Å². The molecule has 0 aliphatic carbocycles. The zero-order valence-electron chi connectivity index (χ0n) is 8.88. The molecule has 5 nitrogen and oxygen atoms in total. The minimum atomic E-state index is -1.17. The second kappa shape index (κ2) is 4.60. The second-order valence-electron chi connectivity index (χ2n) is 3.26. The zero-order valence-corrected chi connectivity index (χ0v) is 9.69. The number of hydrogen-bond acceptors (Lipinski definition) is 5. The van der Waals surface area contributed by atoms with E-state index in [2.05, 4.69) is 4.98 Å². The van der Waals surface area contributed by atoms with Crippen LogP contribution in [0.5, 0.6) is 5.75 Å². The molecule has 2 N–H and O–H groups in total. The summed E-state index contributed by atoms with van der Waals surface area (Å²) in [7, 11) is 1.54. The minimum Gasteiger partial charge on any atom is -0.507 e. The smallest absolute Gasteiger partial charge is 0.354 e. The molecular formula is C11H9NO4S. The van der Waals surface area contributed by atoms with Crippen LogP contribution in [0.3, 0.4) is 0 Å². The molecule has 0 spiro atoms. The largest absolute Gasteiger partial charge is 0.507 e. The molecule has 0 unspecified atom stereocenters. The highest BCUT2D eigenvalue weighted by molar-refractivity contribution is 7.94. The van der Waals surface area contributed by atoms with Crippen molar-refractivity contribution in [3.63, 3.8) is 0 Å². The fraction of sp³-hybridized carbons (Fsp3) is 0.0909. The van der Waals surface area contributed by atoms with E-state index in [4.69, 9.17) is 9.29 Å². The summed E-state index contributed by atoms with van der Waals surface area (Å²) in [6.07, 6.45) is 0. The third-order valence-electron chi connectivity index (χ3n) is 2.16. The average molecular weight is 251 g/mol. The van der Waals surface area contributed by atoms with Crippen molar-refractivity contribution in [3.05, 3.63) is 30.0 Å². The van der Waals surface area contributed by atoms with Gasteiger partial charge in [0.1, 0.15) is 5.75 Å². The molecule has 1 heterocycles. The molecule has 2 aromatic rings. The Hall–Kier alpha value is -1.79. The Kier molecular flexibility index (Phi) is 3.16. The number of carboxylic acids is 1. The molecule has 88 valence electrons. The van der Waals surface area contributed by atoms with Crippen molar-refractivity contribution in [2.24, 2.45) is 0 Å². The SMILES string of the molecule is COSc1ccc2c(O)cc(C(=O)O)nc2c1. The van der Waals surface area contributed by atoms with Crippen molar-refractivity contribution in [2.75, 3.05) is 7.11 Å². The Labute approximate surface area is 101 Å². The van der Waals surface area contributed by atoms with Crippen LogP contribution in [0, 0.1) is 0 Å². The monoisotopic (exact) mass is 251 g/mol. The highest BCUT2D eigenvalue weighted by atomic mass is 32.2. The van der Waals surface area contributed by atoms with Gasteiger partial charge in [0.25, 0.3) is 0 Å². The van der Waals surface area contributed by atoms with Gasteiger partial charge in [-0.05, 0) is 18.2 Å². The number of fused-ring (bicyclic) bond motifs is 1. The Morgan fingerprint density at radius 1 is 1.41 bits per heavy atom. The van der Waals surface area contributed by atoms with Crippen molar-refractivity contribution in [1.29, 1.82) is 0 Å². The van der Waals surface area contributed by atoms with Gasteiger partial charge in [0.2, 0.25) is 0 Å². The molecule has 0 fully saturated rings. The summed E-state index contributed by atoms with van der Waals surface area (Å²) < 4.78 is 4.89. The van der Waals surface area contributed by atoms with Gasteiger partial charge in [-0.25, -0.2) is 9.78 Å². The Balaban J connectivity index is 2.62. The lowest BCUT2D eigenvalue weighted by Gasteiger charge is -2.04. The van der Waals surface area contributed by atoms with E-state index in [1.165, 1.54) is 7.11 Å². The summed E-state index contributed by atoms with van der Waals surface area (Å²) in [5.41, 5.74) is 0.235. The van der Waals surface area contributed by atoms with E-state index in [1.54, 1.807) is 18.2 Å². The van der Waals surface area contributed by atoms with E-state index in [9.17, 15) is 9.90 Å². The molecule has 0 saturated heterocycles. The summed E-state index contributed by atoms with van der Waals surface area (Å²) in [5, 5.41) is 19.0. The van der Waals surface area contributed by atoms with Gasteiger partial charge in [0.15, 0.2) is 5.69 Å². The second-order valence-corrected chi connectivity index (χ2v) is 4.23. The van der Waals surface area contributed by atoms with Crippen LogP contribution < -0.4 is 0 Å². The average Bonchev–Trinajstić information content (AvgIpc) is 2.28. The normalized spacial score (nSPS) is 10.6. The van der Waals surface area contributed by atoms with Crippen LogP contribution in [-0.2, 0) is 4.18 Å². The first kappa shape index (κ1) is 11.7. The van der Waals surface area contributed by atoms with E-state index in [0.717, 1.165) is 23.0 Å². The minimum absolute atomic E-state index is 0.0960. The van der Waals surface area contributed by atoms with Crippen molar-refractivity contribution >= 4 is 28.9 Å². The fourth-order valence-electron chi connectivity index (χ4n) is 1.45. The number of aromatic nitrogens is 1. The standard InChI is InChI=1S/C11H9NO4S/c1-16-17-6-2-3-7-8(4-6)12-9(11(14)15)5-10(7)13/h2-5H,1H3,(H,12,13)(H,14,15). The third kappa shape index (κ3) is 2.32. The predicted molar refractivity (Wildman–Crippen MR) is 63.2 cm³/mol. The van der Waals surface area contributed by atoms with Gasteiger partial charge in [0, 0.05) is 28.4 Å². The van der Waals surface area contributed by atoms with Crippen molar-refractivity contribution < 1.29 is 19.2 Å². The van der Waals surface area contributed by atoms with Gasteiger partial charge >= 0.3 is 5.97 Å². The molecule has 0 radical (unpaired) electrons. The number of hydrogen-bond donors (Lipinski definition) is 2. The van der Waals surface area contributed by atoms with Crippen LogP contribution in [0.15, 0.2) is 29.2 Å². The maximum absolute atomic E-state index is 10.8. The van der Waals surface area contributed by atoms with Crippen LogP contribution in [0.2, 0.25) is 0 Å². The van der Waals surface area contributed by atoms with E-state index in [0.29, 0.717) is 10.9 Å². The number of pyridine rings is 1. The molecule has 0 aliphatic rings. The molecule has 0 amide bonds. The number of aromatic carboxylic acids is 1. The summed E-state index contributed by atoms with van der Waals surface area (Å²) in [6, 6.07) is 6.23. The number of nitrogens with zero attached hydrogens (tertiary/aromatic N) is 1. The first-order valence-electron chi connectivity index (χ1n) is 4.69. The summed E-state index contributed by atoms with van der Waals surface area (Å²) in [5.74, 6) is -1.27. The van der Waals surface area contributed by atoms with Crippen molar-refractivity contribution in [2.45, 2.75) is 4.90 Å². The van der Waals surface area contributed by atoms with Crippen LogP contribution in [0.25, 0.3) is 10.9 Å². The van der Waals surface area contributed by atoms with Crippen LogP contribution in [0.1, 0.15) is 10.5 Å². The molecule has 0 bridgehead atoms. The Morgan fingerprint density at radius 2 is 2.18 bits per heavy atom. The maximum Gasteiger partial charge on any atom is 0.354 e. The topological polar surface area (TPSA) is 79.7 Å². The fourth-order valence-corrected chi connectivity index (χ4v) is 1.92. The molecule has 17 heavy (non-hydrogen) atoms. The van der Waals surface area contributed by atoms with Crippen LogP contribution >= 0.6 is 12.0 Å². The molecular weight excluding hydrogens is 242 g/mol.